The highest BCUT2D eigenvalue weighted by molar-refractivity contribution is 5.11. The van der Waals surface area contributed by atoms with Gasteiger partial charge in [0, 0.05) is 13.6 Å². The van der Waals surface area contributed by atoms with Crippen LogP contribution in [-0.2, 0) is 20.0 Å². The lowest BCUT2D eigenvalue weighted by Crippen LogP contribution is -2.27. The molecule has 0 aliphatic heterocycles. The number of terminal acetylenes is 1. The SMILES string of the molecule is C#CC(CCC)NCc1cc(CC)nn1C. The van der Waals surface area contributed by atoms with Crippen molar-refractivity contribution in [1.82, 2.24) is 15.1 Å². The Balaban J connectivity index is 2.53. The van der Waals surface area contributed by atoms with Gasteiger partial charge in [0.15, 0.2) is 0 Å². The number of rotatable bonds is 6. The molecule has 1 aromatic heterocycles. The normalized spacial score (nSPS) is 12.4. The second kappa shape index (κ2) is 6.34. The molecule has 1 rings (SSSR count). The van der Waals surface area contributed by atoms with Crippen LogP contribution in [0.2, 0.25) is 0 Å². The van der Waals surface area contributed by atoms with Gasteiger partial charge in [0.2, 0.25) is 0 Å². The van der Waals surface area contributed by atoms with Crippen LogP contribution in [0.1, 0.15) is 38.1 Å². The first-order valence-corrected chi connectivity index (χ1v) is 5.92. The van der Waals surface area contributed by atoms with Crippen molar-refractivity contribution in [2.24, 2.45) is 7.05 Å². The highest BCUT2D eigenvalue weighted by Crippen LogP contribution is 2.04. The fourth-order valence-corrected chi connectivity index (χ4v) is 1.67. The standard InChI is InChI=1S/C13H21N3/c1-5-8-11(6-2)14-10-13-9-12(7-3)15-16(13)4/h2,9,11,14H,5,7-8,10H2,1,3-4H3. The number of nitrogens with one attached hydrogen (secondary N) is 1. The zero-order valence-corrected chi connectivity index (χ0v) is 10.5. The van der Waals surface area contributed by atoms with Crippen LogP contribution in [-0.4, -0.2) is 15.8 Å². The molecule has 0 spiro atoms. The van der Waals surface area contributed by atoms with Gasteiger partial charge in [-0.2, -0.15) is 5.10 Å². The third-order valence-electron chi connectivity index (χ3n) is 2.70. The van der Waals surface area contributed by atoms with Gasteiger partial charge in [-0.25, -0.2) is 0 Å². The van der Waals surface area contributed by atoms with Crippen molar-refractivity contribution >= 4 is 0 Å². The molecule has 0 aromatic carbocycles. The Kier molecular flexibility index (Phi) is 5.07. The molecule has 0 aliphatic carbocycles. The summed E-state index contributed by atoms with van der Waals surface area (Å²) in [5, 5.41) is 7.77. The molecule has 3 nitrogen and oxygen atoms in total. The topological polar surface area (TPSA) is 29.9 Å². The minimum Gasteiger partial charge on any atom is -0.298 e. The smallest absolute Gasteiger partial charge is 0.0689 e. The molecule has 1 N–H and O–H groups in total. The van der Waals surface area contributed by atoms with Crippen LogP contribution in [0, 0.1) is 12.3 Å². The van der Waals surface area contributed by atoms with E-state index in [0.717, 1.165) is 31.5 Å². The molecule has 0 saturated heterocycles. The molecule has 0 bridgehead atoms. The minimum atomic E-state index is 0.171. The van der Waals surface area contributed by atoms with E-state index >= 15 is 0 Å². The predicted octanol–water partition coefficient (Wildman–Crippen LogP) is 1.87. The molecule has 0 aliphatic rings. The summed E-state index contributed by atoms with van der Waals surface area (Å²) in [6.07, 6.45) is 8.56. The van der Waals surface area contributed by atoms with E-state index in [2.05, 4.69) is 36.2 Å². The molecule has 88 valence electrons. The maximum Gasteiger partial charge on any atom is 0.0689 e. The molecule has 0 saturated carbocycles. The van der Waals surface area contributed by atoms with E-state index in [9.17, 15) is 0 Å². The molecule has 16 heavy (non-hydrogen) atoms. The Labute approximate surface area is 98.2 Å². The van der Waals surface area contributed by atoms with Crippen molar-refractivity contribution < 1.29 is 0 Å². The van der Waals surface area contributed by atoms with Gasteiger partial charge in [0.05, 0.1) is 17.4 Å². The van der Waals surface area contributed by atoms with Gasteiger partial charge in [-0.15, -0.1) is 6.42 Å². The van der Waals surface area contributed by atoms with Gasteiger partial charge < -0.3 is 0 Å². The third kappa shape index (κ3) is 3.39. The lowest BCUT2D eigenvalue weighted by Gasteiger charge is -2.11. The summed E-state index contributed by atoms with van der Waals surface area (Å²) in [5.41, 5.74) is 2.32. The highest BCUT2D eigenvalue weighted by atomic mass is 15.3. The fraction of sp³-hybridized carbons (Fsp3) is 0.615. The highest BCUT2D eigenvalue weighted by Gasteiger charge is 2.06. The third-order valence-corrected chi connectivity index (χ3v) is 2.70. The van der Waals surface area contributed by atoms with E-state index in [0.29, 0.717) is 0 Å². The molecule has 1 atom stereocenters. The molecule has 3 heteroatoms. The van der Waals surface area contributed by atoms with E-state index in [1.165, 1.54) is 5.69 Å². The van der Waals surface area contributed by atoms with E-state index in [-0.39, 0.29) is 6.04 Å². The minimum absolute atomic E-state index is 0.171. The Bertz CT molecular complexity index is 360. The number of hydrogen-bond acceptors (Lipinski definition) is 2. The lowest BCUT2D eigenvalue weighted by molar-refractivity contribution is 0.542. The number of aryl methyl sites for hydroxylation is 2. The molecule has 0 amide bonds. The Morgan fingerprint density at radius 1 is 1.56 bits per heavy atom. The quantitative estimate of drug-likeness (QED) is 0.740. The van der Waals surface area contributed by atoms with Crippen molar-refractivity contribution in [1.29, 1.82) is 0 Å². The maximum absolute atomic E-state index is 5.46. The van der Waals surface area contributed by atoms with Crippen molar-refractivity contribution in [3.63, 3.8) is 0 Å². The van der Waals surface area contributed by atoms with Crippen LogP contribution in [0.4, 0.5) is 0 Å². The number of nitrogens with zero attached hydrogens (tertiary/aromatic N) is 2. The van der Waals surface area contributed by atoms with Crippen LogP contribution < -0.4 is 5.32 Å². The zero-order valence-electron chi connectivity index (χ0n) is 10.5. The maximum atomic E-state index is 5.46. The molecule has 1 aromatic rings. The van der Waals surface area contributed by atoms with E-state index in [4.69, 9.17) is 6.42 Å². The molecule has 0 radical (unpaired) electrons. The van der Waals surface area contributed by atoms with Crippen LogP contribution >= 0.6 is 0 Å². The van der Waals surface area contributed by atoms with Crippen LogP contribution in [0.25, 0.3) is 0 Å². The summed E-state index contributed by atoms with van der Waals surface area (Å²) >= 11 is 0. The fourth-order valence-electron chi connectivity index (χ4n) is 1.67. The second-order valence-electron chi connectivity index (χ2n) is 3.99. The largest absolute Gasteiger partial charge is 0.298 e. The Morgan fingerprint density at radius 2 is 2.31 bits per heavy atom. The average Bonchev–Trinajstić information content (AvgIpc) is 2.65. The molecule has 1 heterocycles. The summed E-state index contributed by atoms with van der Waals surface area (Å²) in [5.74, 6) is 2.77. The first-order valence-electron chi connectivity index (χ1n) is 5.92. The summed E-state index contributed by atoms with van der Waals surface area (Å²) in [6, 6.07) is 2.30. The average molecular weight is 219 g/mol. The van der Waals surface area contributed by atoms with Gasteiger partial charge >= 0.3 is 0 Å². The summed E-state index contributed by atoms with van der Waals surface area (Å²) in [6.45, 7) is 5.05. The monoisotopic (exact) mass is 219 g/mol. The summed E-state index contributed by atoms with van der Waals surface area (Å²) in [7, 11) is 1.97. The van der Waals surface area contributed by atoms with Gasteiger partial charge in [-0.1, -0.05) is 26.2 Å². The molecular weight excluding hydrogens is 198 g/mol. The molecule has 1 unspecified atom stereocenters. The Hall–Kier alpha value is -1.27. The van der Waals surface area contributed by atoms with Gasteiger partial charge in [0.25, 0.3) is 0 Å². The molecule has 0 fully saturated rings. The van der Waals surface area contributed by atoms with Crippen molar-refractivity contribution in [2.75, 3.05) is 0 Å². The number of hydrogen-bond donors (Lipinski definition) is 1. The van der Waals surface area contributed by atoms with Crippen molar-refractivity contribution in [3.05, 3.63) is 17.5 Å². The van der Waals surface area contributed by atoms with E-state index < -0.39 is 0 Å². The second-order valence-corrected chi connectivity index (χ2v) is 3.99. The van der Waals surface area contributed by atoms with Crippen LogP contribution in [0.3, 0.4) is 0 Å². The first-order chi connectivity index (χ1) is 7.71. The summed E-state index contributed by atoms with van der Waals surface area (Å²) in [4.78, 5) is 0. The molecular formula is C13H21N3. The lowest BCUT2D eigenvalue weighted by atomic mass is 10.2. The van der Waals surface area contributed by atoms with Crippen LogP contribution in [0.5, 0.6) is 0 Å². The van der Waals surface area contributed by atoms with E-state index in [1.54, 1.807) is 0 Å². The van der Waals surface area contributed by atoms with E-state index in [1.807, 2.05) is 11.7 Å². The van der Waals surface area contributed by atoms with Gasteiger partial charge in [-0.05, 0) is 18.9 Å². The predicted molar refractivity (Wildman–Crippen MR) is 67.0 cm³/mol. The van der Waals surface area contributed by atoms with Crippen molar-refractivity contribution in [2.45, 2.75) is 45.7 Å². The van der Waals surface area contributed by atoms with Crippen LogP contribution in [0.15, 0.2) is 6.07 Å². The van der Waals surface area contributed by atoms with Gasteiger partial charge in [0.1, 0.15) is 0 Å². The Morgan fingerprint density at radius 3 is 2.81 bits per heavy atom. The first kappa shape index (κ1) is 12.8. The summed E-state index contributed by atoms with van der Waals surface area (Å²) < 4.78 is 1.92. The zero-order chi connectivity index (χ0) is 12.0. The number of aromatic nitrogens is 2. The van der Waals surface area contributed by atoms with Gasteiger partial charge in [-0.3, -0.25) is 10.00 Å². The van der Waals surface area contributed by atoms with Crippen molar-refractivity contribution in [3.8, 4) is 12.3 Å².